The van der Waals surface area contributed by atoms with Gasteiger partial charge in [0.15, 0.2) is 0 Å². The van der Waals surface area contributed by atoms with Gasteiger partial charge < -0.3 is 10.1 Å². The maximum Gasteiger partial charge on any atom is 0.0590 e. The molecule has 0 fully saturated rings. The Hall–Kier alpha value is 0.650. The first kappa shape index (κ1) is 15.7. The first-order valence-electron chi connectivity index (χ1n) is 6.11. The van der Waals surface area contributed by atoms with Gasteiger partial charge in [-0.3, -0.25) is 0 Å². The van der Waals surface area contributed by atoms with Gasteiger partial charge in [-0.2, -0.15) is 0 Å². The SMILES string of the molecule is CC(C)CCOCCNCCCCCI. The van der Waals surface area contributed by atoms with Crippen LogP contribution in [0, 0.1) is 5.92 Å². The van der Waals surface area contributed by atoms with Crippen LogP contribution in [0.15, 0.2) is 0 Å². The van der Waals surface area contributed by atoms with E-state index in [2.05, 4.69) is 41.8 Å². The Labute approximate surface area is 109 Å². The van der Waals surface area contributed by atoms with Crippen LogP contribution in [0.4, 0.5) is 0 Å². The standard InChI is InChI=1S/C12H26INO/c1-12(2)6-10-15-11-9-14-8-5-3-4-7-13/h12,14H,3-11H2,1-2H3. The van der Waals surface area contributed by atoms with Crippen LogP contribution in [0.2, 0.25) is 0 Å². The number of ether oxygens (including phenoxy) is 1. The van der Waals surface area contributed by atoms with E-state index in [9.17, 15) is 0 Å². The van der Waals surface area contributed by atoms with Crippen LogP contribution in [-0.4, -0.2) is 30.7 Å². The summed E-state index contributed by atoms with van der Waals surface area (Å²) >= 11 is 2.44. The lowest BCUT2D eigenvalue weighted by molar-refractivity contribution is 0.125. The van der Waals surface area contributed by atoms with Gasteiger partial charge in [-0.05, 0) is 36.2 Å². The van der Waals surface area contributed by atoms with Crippen LogP contribution in [0.1, 0.15) is 39.5 Å². The molecule has 0 unspecified atom stereocenters. The van der Waals surface area contributed by atoms with Gasteiger partial charge in [-0.25, -0.2) is 0 Å². The lowest BCUT2D eigenvalue weighted by Crippen LogP contribution is -2.21. The third-order valence-electron chi connectivity index (χ3n) is 2.25. The molecule has 92 valence electrons. The Bertz CT molecular complexity index is 120. The quantitative estimate of drug-likeness (QED) is 0.357. The molecule has 0 saturated heterocycles. The van der Waals surface area contributed by atoms with E-state index in [4.69, 9.17) is 4.74 Å². The molecule has 0 heterocycles. The van der Waals surface area contributed by atoms with E-state index in [0.29, 0.717) is 0 Å². The molecule has 0 aromatic heterocycles. The molecular formula is C12H26INO. The highest BCUT2D eigenvalue weighted by Crippen LogP contribution is 1.98. The summed E-state index contributed by atoms with van der Waals surface area (Å²) < 4.78 is 6.80. The number of halogens is 1. The molecule has 0 aliphatic rings. The lowest BCUT2D eigenvalue weighted by Gasteiger charge is -2.07. The van der Waals surface area contributed by atoms with E-state index in [1.165, 1.54) is 30.1 Å². The minimum atomic E-state index is 0.756. The molecule has 15 heavy (non-hydrogen) atoms. The third kappa shape index (κ3) is 14.7. The van der Waals surface area contributed by atoms with Crippen molar-refractivity contribution in [3.05, 3.63) is 0 Å². The number of nitrogens with one attached hydrogen (secondary N) is 1. The zero-order chi connectivity index (χ0) is 11.4. The van der Waals surface area contributed by atoms with Crippen molar-refractivity contribution in [3.63, 3.8) is 0 Å². The smallest absolute Gasteiger partial charge is 0.0590 e. The number of unbranched alkanes of at least 4 members (excludes halogenated alkanes) is 2. The number of alkyl halides is 1. The molecule has 0 aliphatic carbocycles. The van der Waals surface area contributed by atoms with Crippen LogP contribution >= 0.6 is 22.6 Å². The molecule has 2 nitrogen and oxygen atoms in total. The molecule has 0 aromatic rings. The molecular weight excluding hydrogens is 301 g/mol. The zero-order valence-electron chi connectivity index (χ0n) is 10.2. The molecule has 3 heteroatoms. The molecule has 0 amide bonds. The molecule has 0 spiro atoms. The Morgan fingerprint density at radius 3 is 2.53 bits per heavy atom. The van der Waals surface area contributed by atoms with Crippen LogP contribution < -0.4 is 5.32 Å². The van der Waals surface area contributed by atoms with Crippen LogP contribution in [0.5, 0.6) is 0 Å². The van der Waals surface area contributed by atoms with E-state index in [1.807, 2.05) is 0 Å². The van der Waals surface area contributed by atoms with Crippen molar-refractivity contribution in [2.75, 3.05) is 30.7 Å². The van der Waals surface area contributed by atoms with E-state index >= 15 is 0 Å². The second-order valence-corrected chi connectivity index (χ2v) is 5.37. The fourth-order valence-corrected chi connectivity index (χ4v) is 1.75. The highest BCUT2D eigenvalue weighted by Gasteiger charge is 1.93. The minimum absolute atomic E-state index is 0.756. The molecule has 0 atom stereocenters. The largest absolute Gasteiger partial charge is 0.380 e. The van der Waals surface area contributed by atoms with Crippen molar-refractivity contribution < 1.29 is 4.74 Å². The van der Waals surface area contributed by atoms with Crippen molar-refractivity contribution in [1.82, 2.24) is 5.32 Å². The van der Waals surface area contributed by atoms with Crippen molar-refractivity contribution >= 4 is 22.6 Å². The average molecular weight is 327 g/mol. The van der Waals surface area contributed by atoms with Gasteiger partial charge in [0.1, 0.15) is 0 Å². The Kier molecular flexibility index (Phi) is 13.3. The summed E-state index contributed by atoms with van der Waals surface area (Å²) in [5, 5.41) is 3.40. The second kappa shape index (κ2) is 12.7. The van der Waals surface area contributed by atoms with Gasteiger partial charge in [0.2, 0.25) is 0 Å². The fourth-order valence-electron chi connectivity index (χ4n) is 1.21. The van der Waals surface area contributed by atoms with Crippen molar-refractivity contribution in [2.24, 2.45) is 5.92 Å². The lowest BCUT2D eigenvalue weighted by atomic mass is 10.1. The zero-order valence-corrected chi connectivity index (χ0v) is 12.4. The molecule has 0 bridgehead atoms. The fraction of sp³-hybridized carbons (Fsp3) is 1.00. The van der Waals surface area contributed by atoms with Crippen LogP contribution in [0.25, 0.3) is 0 Å². The molecule has 0 aromatic carbocycles. The highest BCUT2D eigenvalue weighted by atomic mass is 127. The van der Waals surface area contributed by atoms with Crippen LogP contribution in [0.3, 0.4) is 0 Å². The normalized spacial score (nSPS) is 11.2. The van der Waals surface area contributed by atoms with Gasteiger partial charge in [0.05, 0.1) is 6.61 Å². The van der Waals surface area contributed by atoms with E-state index in [-0.39, 0.29) is 0 Å². The first-order chi connectivity index (χ1) is 7.27. The summed E-state index contributed by atoms with van der Waals surface area (Å²) in [7, 11) is 0. The van der Waals surface area contributed by atoms with Crippen molar-refractivity contribution in [1.29, 1.82) is 0 Å². The summed E-state index contributed by atoms with van der Waals surface area (Å²) in [6.45, 7) is 8.38. The predicted octanol–water partition coefficient (Wildman–Crippen LogP) is 3.24. The topological polar surface area (TPSA) is 21.3 Å². The van der Waals surface area contributed by atoms with Gasteiger partial charge in [-0.1, -0.05) is 42.9 Å². The highest BCUT2D eigenvalue weighted by molar-refractivity contribution is 14.1. The first-order valence-corrected chi connectivity index (χ1v) is 7.64. The Morgan fingerprint density at radius 1 is 1.07 bits per heavy atom. The van der Waals surface area contributed by atoms with Crippen molar-refractivity contribution in [3.8, 4) is 0 Å². The summed E-state index contributed by atoms with van der Waals surface area (Å²) in [6.07, 6.45) is 5.18. The maximum absolute atomic E-state index is 5.51. The molecule has 0 saturated carbocycles. The number of hydrogen-bond donors (Lipinski definition) is 1. The summed E-state index contributed by atoms with van der Waals surface area (Å²) in [5.74, 6) is 0.756. The van der Waals surface area contributed by atoms with E-state index < -0.39 is 0 Å². The van der Waals surface area contributed by atoms with E-state index in [1.54, 1.807) is 0 Å². The minimum Gasteiger partial charge on any atom is -0.380 e. The van der Waals surface area contributed by atoms with Gasteiger partial charge in [0.25, 0.3) is 0 Å². The second-order valence-electron chi connectivity index (χ2n) is 4.29. The molecule has 0 radical (unpaired) electrons. The summed E-state index contributed by atoms with van der Waals surface area (Å²) in [6, 6.07) is 0. The van der Waals surface area contributed by atoms with E-state index in [0.717, 1.165) is 32.2 Å². The summed E-state index contributed by atoms with van der Waals surface area (Å²) in [5.41, 5.74) is 0. The van der Waals surface area contributed by atoms with Crippen LogP contribution in [-0.2, 0) is 4.74 Å². The monoisotopic (exact) mass is 327 g/mol. The summed E-state index contributed by atoms with van der Waals surface area (Å²) in [4.78, 5) is 0. The van der Waals surface area contributed by atoms with Gasteiger partial charge in [0, 0.05) is 13.2 Å². The van der Waals surface area contributed by atoms with Gasteiger partial charge in [-0.15, -0.1) is 0 Å². The predicted molar refractivity (Wildman–Crippen MR) is 75.9 cm³/mol. The third-order valence-corrected chi connectivity index (χ3v) is 3.01. The number of hydrogen-bond acceptors (Lipinski definition) is 2. The average Bonchev–Trinajstić information content (AvgIpc) is 2.20. The molecule has 0 rings (SSSR count). The molecule has 0 aliphatic heterocycles. The Morgan fingerprint density at radius 2 is 1.87 bits per heavy atom. The number of rotatable bonds is 11. The maximum atomic E-state index is 5.51. The molecule has 1 N–H and O–H groups in total. The van der Waals surface area contributed by atoms with Gasteiger partial charge >= 0.3 is 0 Å². The Balaban J connectivity index is 2.87. The van der Waals surface area contributed by atoms with Crippen molar-refractivity contribution in [2.45, 2.75) is 39.5 Å².